The molecule has 0 unspecified atom stereocenters. The highest BCUT2D eigenvalue weighted by atomic mass is 16.2. The normalized spacial score (nSPS) is 11.4. The van der Waals surface area contributed by atoms with E-state index in [2.05, 4.69) is 4.98 Å². The van der Waals surface area contributed by atoms with Crippen molar-refractivity contribution >= 4 is 17.4 Å². The van der Waals surface area contributed by atoms with Gasteiger partial charge in [-0.05, 0) is 30.5 Å². The number of aromatic nitrogens is 2. The number of unbranched alkanes of at least 4 members (excludes halogenated alkanes) is 1. The molecular formula is C28H37N5O3. The number of carbonyl (C=O) groups excluding carboxylic acids is 1. The summed E-state index contributed by atoms with van der Waals surface area (Å²) in [6, 6.07) is 19.8. The molecule has 0 aliphatic heterocycles. The molecule has 3 aromatic rings. The first-order valence-electron chi connectivity index (χ1n) is 12.5. The van der Waals surface area contributed by atoms with Crippen molar-refractivity contribution in [3.05, 3.63) is 92.6 Å². The minimum atomic E-state index is -0.646. The summed E-state index contributed by atoms with van der Waals surface area (Å²) >= 11 is 0. The average molecular weight is 492 g/mol. The van der Waals surface area contributed by atoms with Crippen LogP contribution in [0.25, 0.3) is 0 Å². The number of nitrogens with one attached hydrogen (secondary N) is 1. The number of rotatable bonds is 11. The molecule has 0 saturated heterocycles. The van der Waals surface area contributed by atoms with Crippen molar-refractivity contribution in [2.24, 2.45) is 5.92 Å². The van der Waals surface area contributed by atoms with Crippen molar-refractivity contribution < 1.29 is 4.79 Å². The van der Waals surface area contributed by atoms with E-state index in [9.17, 15) is 14.4 Å². The van der Waals surface area contributed by atoms with Gasteiger partial charge in [-0.2, -0.15) is 0 Å². The number of benzene rings is 2. The Labute approximate surface area is 212 Å². The Hall–Kier alpha value is -3.65. The summed E-state index contributed by atoms with van der Waals surface area (Å²) in [7, 11) is 1.90. The van der Waals surface area contributed by atoms with Crippen molar-refractivity contribution in [1.29, 1.82) is 0 Å². The van der Waals surface area contributed by atoms with E-state index in [1.165, 1.54) is 9.47 Å². The lowest BCUT2D eigenvalue weighted by Crippen LogP contribution is -2.45. The van der Waals surface area contributed by atoms with Gasteiger partial charge in [-0.25, -0.2) is 4.79 Å². The third-order valence-corrected chi connectivity index (χ3v) is 6.12. The Bertz CT molecular complexity index is 1210. The molecule has 0 bridgehead atoms. The summed E-state index contributed by atoms with van der Waals surface area (Å²) in [4.78, 5) is 44.9. The highest BCUT2D eigenvalue weighted by Gasteiger charge is 2.27. The summed E-state index contributed by atoms with van der Waals surface area (Å²) in [5, 5.41) is 0. The quantitative estimate of drug-likeness (QED) is 0.426. The molecule has 8 heteroatoms. The van der Waals surface area contributed by atoms with Crippen LogP contribution in [-0.2, 0) is 11.3 Å². The maximum Gasteiger partial charge on any atom is 0.330 e. The molecule has 0 aliphatic carbocycles. The molecule has 1 aromatic heterocycles. The predicted octanol–water partition coefficient (Wildman–Crippen LogP) is 3.63. The number of nitrogen functional groups attached to an aromatic ring is 1. The number of aromatic amines is 1. The van der Waals surface area contributed by atoms with Crippen molar-refractivity contribution in [3.8, 4) is 0 Å². The molecule has 36 heavy (non-hydrogen) atoms. The number of nitrogens with two attached hydrogens (primary N) is 1. The van der Waals surface area contributed by atoms with E-state index in [0.717, 1.165) is 17.5 Å². The number of amides is 1. The number of nitrogens with zero attached hydrogens (tertiary/aromatic N) is 3. The highest BCUT2D eigenvalue weighted by molar-refractivity contribution is 5.96. The van der Waals surface area contributed by atoms with Gasteiger partial charge in [0.15, 0.2) is 5.69 Å². The first kappa shape index (κ1) is 26.9. The van der Waals surface area contributed by atoms with Gasteiger partial charge in [-0.3, -0.25) is 24.0 Å². The third kappa shape index (κ3) is 6.31. The lowest BCUT2D eigenvalue weighted by molar-refractivity contribution is -0.119. The predicted molar refractivity (Wildman–Crippen MR) is 145 cm³/mol. The Morgan fingerprint density at radius 3 is 2.06 bits per heavy atom. The fraction of sp³-hybridized carbons (Fsp3) is 0.393. The van der Waals surface area contributed by atoms with Gasteiger partial charge in [0.25, 0.3) is 5.56 Å². The number of likely N-dealkylation sites (N-methyl/N-ethyl adjacent to an activating group) is 1. The molecule has 192 valence electrons. The SMILES string of the molecule is CCCCN(C(=O)CN(C)C(c1ccccc1)c1ccccc1)c1c(N)n(CC(C)C)c(=O)[nH]c1=O. The molecular weight excluding hydrogens is 454 g/mol. The monoisotopic (exact) mass is 491 g/mol. The number of hydrogen-bond acceptors (Lipinski definition) is 5. The van der Waals surface area contributed by atoms with Gasteiger partial charge in [0.1, 0.15) is 5.82 Å². The fourth-order valence-electron chi connectivity index (χ4n) is 4.42. The van der Waals surface area contributed by atoms with Crippen LogP contribution in [0.1, 0.15) is 50.8 Å². The summed E-state index contributed by atoms with van der Waals surface area (Å²) in [6.07, 6.45) is 1.53. The first-order valence-corrected chi connectivity index (χ1v) is 12.5. The van der Waals surface area contributed by atoms with Crippen LogP contribution in [0.15, 0.2) is 70.3 Å². The molecule has 0 radical (unpaired) electrons. The van der Waals surface area contributed by atoms with E-state index in [0.29, 0.717) is 19.5 Å². The molecule has 1 heterocycles. The van der Waals surface area contributed by atoms with Crippen LogP contribution in [0.5, 0.6) is 0 Å². The van der Waals surface area contributed by atoms with Gasteiger partial charge in [-0.1, -0.05) is 87.9 Å². The Morgan fingerprint density at radius 1 is 1.00 bits per heavy atom. The van der Waals surface area contributed by atoms with Gasteiger partial charge in [0, 0.05) is 13.1 Å². The number of carbonyl (C=O) groups is 1. The van der Waals surface area contributed by atoms with Crippen LogP contribution < -0.4 is 21.9 Å². The maximum absolute atomic E-state index is 13.7. The molecule has 0 fully saturated rings. The van der Waals surface area contributed by atoms with E-state index in [-0.39, 0.29) is 35.9 Å². The number of hydrogen-bond donors (Lipinski definition) is 2. The smallest absolute Gasteiger partial charge is 0.330 e. The van der Waals surface area contributed by atoms with Gasteiger partial charge in [0.05, 0.1) is 12.6 Å². The zero-order valence-electron chi connectivity index (χ0n) is 21.6. The van der Waals surface area contributed by atoms with E-state index in [1.54, 1.807) is 0 Å². The van der Waals surface area contributed by atoms with Gasteiger partial charge >= 0.3 is 5.69 Å². The average Bonchev–Trinajstić information content (AvgIpc) is 2.85. The van der Waals surface area contributed by atoms with Gasteiger partial charge in [0.2, 0.25) is 5.91 Å². The van der Waals surface area contributed by atoms with Crippen LogP contribution in [0, 0.1) is 5.92 Å². The van der Waals surface area contributed by atoms with E-state index < -0.39 is 11.2 Å². The van der Waals surface area contributed by atoms with Crippen LogP contribution in [0.3, 0.4) is 0 Å². The number of anilines is 2. The standard InChI is InChI=1S/C28H37N5O3/c1-5-6-17-32(25-26(29)33(18-20(2)3)28(36)30-27(25)35)23(34)19-31(4)24(21-13-9-7-10-14-21)22-15-11-8-12-16-22/h7-16,20,24H,5-6,17-19,29H2,1-4H3,(H,30,35,36). The minimum Gasteiger partial charge on any atom is -0.383 e. The molecule has 2 aromatic carbocycles. The Kier molecular flexibility index (Phi) is 9.25. The fourth-order valence-corrected chi connectivity index (χ4v) is 4.42. The lowest BCUT2D eigenvalue weighted by atomic mass is 9.97. The zero-order valence-corrected chi connectivity index (χ0v) is 21.6. The van der Waals surface area contributed by atoms with Crippen LogP contribution in [0.2, 0.25) is 0 Å². The van der Waals surface area contributed by atoms with E-state index in [4.69, 9.17) is 5.73 Å². The summed E-state index contributed by atoms with van der Waals surface area (Å²) < 4.78 is 1.34. The first-order chi connectivity index (χ1) is 17.2. The third-order valence-electron chi connectivity index (χ3n) is 6.12. The second-order valence-electron chi connectivity index (χ2n) is 9.54. The topological polar surface area (TPSA) is 104 Å². The summed E-state index contributed by atoms with van der Waals surface area (Å²) in [5.41, 5.74) is 7.29. The molecule has 3 rings (SSSR count). The Balaban J connectivity index is 1.99. The van der Waals surface area contributed by atoms with Crippen LogP contribution >= 0.6 is 0 Å². The molecule has 0 saturated carbocycles. The molecule has 8 nitrogen and oxygen atoms in total. The van der Waals surface area contributed by atoms with Crippen molar-refractivity contribution in [2.45, 2.75) is 46.2 Å². The molecule has 0 aliphatic rings. The summed E-state index contributed by atoms with van der Waals surface area (Å²) in [6.45, 7) is 6.66. The van der Waals surface area contributed by atoms with Crippen LogP contribution in [0.4, 0.5) is 11.5 Å². The second-order valence-corrected chi connectivity index (χ2v) is 9.54. The van der Waals surface area contributed by atoms with Crippen molar-refractivity contribution in [3.63, 3.8) is 0 Å². The molecule has 3 N–H and O–H groups in total. The van der Waals surface area contributed by atoms with E-state index in [1.807, 2.05) is 93.4 Å². The van der Waals surface area contributed by atoms with Crippen molar-refractivity contribution in [2.75, 3.05) is 30.8 Å². The summed E-state index contributed by atoms with van der Waals surface area (Å²) in [5.74, 6) is -0.103. The highest BCUT2D eigenvalue weighted by Crippen LogP contribution is 2.28. The number of H-pyrrole nitrogens is 1. The largest absolute Gasteiger partial charge is 0.383 e. The molecule has 1 amide bonds. The van der Waals surface area contributed by atoms with Gasteiger partial charge in [-0.15, -0.1) is 0 Å². The second kappa shape index (κ2) is 12.4. The van der Waals surface area contributed by atoms with Crippen molar-refractivity contribution in [1.82, 2.24) is 14.5 Å². The molecule has 0 atom stereocenters. The molecule has 0 spiro atoms. The lowest BCUT2D eigenvalue weighted by Gasteiger charge is -2.31. The maximum atomic E-state index is 13.7. The van der Waals surface area contributed by atoms with E-state index >= 15 is 0 Å². The Morgan fingerprint density at radius 2 is 1.56 bits per heavy atom. The van der Waals surface area contributed by atoms with Gasteiger partial charge < -0.3 is 10.6 Å². The van der Waals surface area contributed by atoms with Crippen LogP contribution in [-0.4, -0.2) is 40.5 Å². The minimum absolute atomic E-state index is 0.0206. The zero-order chi connectivity index (χ0) is 26.2.